The number of benzene rings is 1. The zero-order valence-corrected chi connectivity index (χ0v) is 12.2. The van der Waals surface area contributed by atoms with Crippen LogP contribution in [0.1, 0.15) is 19.4 Å². The van der Waals surface area contributed by atoms with E-state index in [0.29, 0.717) is 18.1 Å². The molecule has 1 heterocycles. The highest BCUT2D eigenvalue weighted by Crippen LogP contribution is 2.36. The fourth-order valence-electron chi connectivity index (χ4n) is 2.59. The average Bonchev–Trinajstić information content (AvgIpc) is 2.37. The fourth-order valence-corrected chi connectivity index (χ4v) is 2.89. The van der Waals surface area contributed by atoms with Crippen LogP contribution in [0.3, 0.4) is 0 Å². The van der Waals surface area contributed by atoms with Gasteiger partial charge in [-0.25, -0.2) is 0 Å². The van der Waals surface area contributed by atoms with Crippen molar-refractivity contribution in [1.82, 2.24) is 4.90 Å². The number of halogens is 1. The molecule has 4 nitrogen and oxygen atoms in total. The number of hydrogen-bond donors (Lipinski definition) is 1. The fraction of sp³-hybridized carbons (Fsp3) is 0.500. The maximum atomic E-state index is 12.3. The first-order valence-corrected chi connectivity index (χ1v) is 6.69. The Bertz CT molecular complexity index is 502. The number of anilines is 1. The maximum absolute atomic E-state index is 12.3. The minimum absolute atomic E-state index is 0.0579. The number of aliphatic hydroxyl groups is 1. The van der Waals surface area contributed by atoms with Gasteiger partial charge in [-0.2, -0.15) is 0 Å². The molecule has 19 heavy (non-hydrogen) atoms. The first kappa shape index (κ1) is 14.2. The van der Waals surface area contributed by atoms with Crippen LogP contribution in [0.15, 0.2) is 18.2 Å². The van der Waals surface area contributed by atoms with Crippen LogP contribution in [0.25, 0.3) is 0 Å². The third-order valence-corrected chi connectivity index (χ3v) is 4.02. The van der Waals surface area contributed by atoms with E-state index in [1.54, 1.807) is 18.0 Å². The van der Waals surface area contributed by atoms with Crippen molar-refractivity contribution in [3.63, 3.8) is 0 Å². The summed E-state index contributed by atoms with van der Waals surface area (Å²) in [6.07, 6.45) is 0. The van der Waals surface area contributed by atoms with E-state index in [2.05, 4.69) is 0 Å². The van der Waals surface area contributed by atoms with E-state index >= 15 is 0 Å². The summed E-state index contributed by atoms with van der Waals surface area (Å²) in [4.78, 5) is 16.0. The summed E-state index contributed by atoms with van der Waals surface area (Å²) in [7, 11) is 1.81. The van der Waals surface area contributed by atoms with E-state index in [-0.39, 0.29) is 12.5 Å². The van der Waals surface area contributed by atoms with Gasteiger partial charge in [0.1, 0.15) is 5.54 Å². The van der Waals surface area contributed by atoms with Crippen LogP contribution in [0.5, 0.6) is 0 Å². The molecule has 0 aliphatic carbocycles. The van der Waals surface area contributed by atoms with Gasteiger partial charge in [0, 0.05) is 25.7 Å². The third kappa shape index (κ3) is 2.30. The number of likely N-dealkylation sites (N-methyl/N-ethyl adjacent to an activating group) is 1. The Kier molecular flexibility index (Phi) is 3.74. The summed E-state index contributed by atoms with van der Waals surface area (Å²) >= 11 is 6.28. The van der Waals surface area contributed by atoms with Crippen LogP contribution >= 0.6 is 11.6 Å². The predicted molar refractivity (Wildman–Crippen MR) is 76.4 cm³/mol. The number of hydrogen-bond acceptors (Lipinski definition) is 3. The first-order valence-electron chi connectivity index (χ1n) is 6.31. The zero-order chi connectivity index (χ0) is 14.2. The lowest BCUT2D eigenvalue weighted by molar-refractivity contribution is -0.136. The Morgan fingerprint density at radius 3 is 2.68 bits per heavy atom. The van der Waals surface area contributed by atoms with E-state index in [1.165, 1.54) is 0 Å². The third-order valence-electron chi connectivity index (χ3n) is 3.71. The van der Waals surface area contributed by atoms with E-state index in [9.17, 15) is 9.90 Å². The second-order valence-corrected chi connectivity index (χ2v) is 5.75. The molecule has 0 unspecified atom stereocenters. The highest BCUT2D eigenvalue weighted by atomic mass is 35.5. The number of aliphatic hydroxyl groups excluding tert-OH is 1. The molecule has 0 aromatic heterocycles. The molecule has 1 N–H and O–H groups in total. The highest BCUT2D eigenvalue weighted by molar-refractivity contribution is 6.33. The van der Waals surface area contributed by atoms with E-state index in [1.807, 2.05) is 30.9 Å². The number of carbonyl (C=O) groups is 1. The first-order chi connectivity index (χ1) is 8.89. The monoisotopic (exact) mass is 282 g/mol. The molecule has 0 radical (unpaired) electrons. The van der Waals surface area contributed by atoms with Crippen molar-refractivity contribution in [1.29, 1.82) is 0 Å². The van der Waals surface area contributed by atoms with Crippen molar-refractivity contribution >= 4 is 23.2 Å². The normalized spacial score (nSPS) is 18.9. The van der Waals surface area contributed by atoms with Gasteiger partial charge in [-0.05, 0) is 19.9 Å². The second-order valence-electron chi connectivity index (χ2n) is 5.34. The van der Waals surface area contributed by atoms with Crippen molar-refractivity contribution in [3.8, 4) is 0 Å². The number of para-hydroxylation sites is 1. The second kappa shape index (κ2) is 5.02. The molecule has 0 spiro atoms. The molecule has 1 amide bonds. The molecule has 1 aromatic carbocycles. The lowest BCUT2D eigenvalue weighted by Gasteiger charge is -2.47. The van der Waals surface area contributed by atoms with Gasteiger partial charge in [0.2, 0.25) is 5.91 Å². The molecule has 1 aromatic rings. The quantitative estimate of drug-likeness (QED) is 0.901. The lowest BCUT2D eigenvalue weighted by Crippen LogP contribution is -2.62. The molecule has 0 saturated carbocycles. The Balaban J connectivity index is 2.50. The van der Waals surface area contributed by atoms with Crippen molar-refractivity contribution in [2.75, 3.05) is 25.0 Å². The minimum atomic E-state index is -0.665. The molecule has 0 bridgehead atoms. The van der Waals surface area contributed by atoms with E-state index in [0.717, 1.165) is 11.3 Å². The van der Waals surface area contributed by atoms with Crippen LogP contribution in [0, 0.1) is 0 Å². The largest absolute Gasteiger partial charge is 0.392 e. The number of nitrogens with zero attached hydrogens (tertiary/aromatic N) is 2. The highest BCUT2D eigenvalue weighted by Gasteiger charge is 2.41. The maximum Gasteiger partial charge on any atom is 0.247 e. The summed E-state index contributed by atoms with van der Waals surface area (Å²) < 4.78 is 0. The van der Waals surface area contributed by atoms with Crippen LogP contribution in [0.2, 0.25) is 5.02 Å². The van der Waals surface area contributed by atoms with Gasteiger partial charge in [0.25, 0.3) is 0 Å². The average molecular weight is 283 g/mol. The molecule has 0 atom stereocenters. The standard InChI is InChI=1S/C14H19ClN2O2/c1-14(2)13(19)16(3)7-8-17(14)12-10(9-18)5-4-6-11(12)15/h4-6,18H,7-9H2,1-3H3. The summed E-state index contributed by atoms with van der Waals surface area (Å²) in [5.41, 5.74) is 0.845. The van der Waals surface area contributed by atoms with Gasteiger partial charge in [0.15, 0.2) is 0 Å². The summed E-state index contributed by atoms with van der Waals surface area (Å²) in [6.45, 7) is 5.03. The number of carbonyl (C=O) groups excluding carboxylic acids is 1. The molecule has 104 valence electrons. The van der Waals surface area contributed by atoms with Gasteiger partial charge in [-0.1, -0.05) is 23.7 Å². The smallest absolute Gasteiger partial charge is 0.247 e. The van der Waals surface area contributed by atoms with E-state index in [4.69, 9.17) is 11.6 Å². The number of amides is 1. The molecule has 1 saturated heterocycles. The SMILES string of the molecule is CN1CCN(c2c(Cl)cccc2CO)C(C)(C)C1=O. The van der Waals surface area contributed by atoms with Crippen molar-refractivity contribution in [2.45, 2.75) is 26.0 Å². The van der Waals surface area contributed by atoms with Gasteiger partial charge in [0.05, 0.1) is 17.3 Å². The summed E-state index contributed by atoms with van der Waals surface area (Å²) in [6, 6.07) is 5.43. The number of piperazine rings is 1. The molecule has 2 rings (SSSR count). The topological polar surface area (TPSA) is 43.8 Å². The minimum Gasteiger partial charge on any atom is -0.392 e. The molecule has 1 aliphatic rings. The van der Waals surface area contributed by atoms with Gasteiger partial charge in [-0.15, -0.1) is 0 Å². The molecular weight excluding hydrogens is 264 g/mol. The molecule has 1 aliphatic heterocycles. The zero-order valence-electron chi connectivity index (χ0n) is 11.5. The molecule has 5 heteroatoms. The van der Waals surface area contributed by atoms with Crippen LogP contribution in [0.4, 0.5) is 5.69 Å². The van der Waals surface area contributed by atoms with Gasteiger partial charge < -0.3 is 14.9 Å². The lowest BCUT2D eigenvalue weighted by atomic mass is 9.95. The Morgan fingerprint density at radius 1 is 1.37 bits per heavy atom. The number of rotatable bonds is 2. The van der Waals surface area contributed by atoms with Gasteiger partial charge >= 0.3 is 0 Å². The summed E-state index contributed by atoms with van der Waals surface area (Å²) in [5.74, 6) is 0.0579. The van der Waals surface area contributed by atoms with Crippen molar-refractivity contribution < 1.29 is 9.90 Å². The van der Waals surface area contributed by atoms with Crippen LogP contribution < -0.4 is 4.90 Å². The Labute approximate surface area is 118 Å². The molecular formula is C14H19ClN2O2. The van der Waals surface area contributed by atoms with Gasteiger partial charge in [-0.3, -0.25) is 4.79 Å². The van der Waals surface area contributed by atoms with Crippen LogP contribution in [-0.2, 0) is 11.4 Å². The summed E-state index contributed by atoms with van der Waals surface area (Å²) in [5, 5.41) is 10.0. The molecule has 1 fully saturated rings. The Morgan fingerprint density at radius 2 is 2.05 bits per heavy atom. The van der Waals surface area contributed by atoms with Crippen molar-refractivity contribution in [2.24, 2.45) is 0 Å². The Hall–Kier alpha value is -1.26. The van der Waals surface area contributed by atoms with Crippen LogP contribution in [-0.4, -0.2) is 41.6 Å². The van der Waals surface area contributed by atoms with Crippen molar-refractivity contribution in [3.05, 3.63) is 28.8 Å². The van der Waals surface area contributed by atoms with E-state index < -0.39 is 5.54 Å². The predicted octanol–water partition coefficient (Wildman–Crippen LogP) is 1.89.